The van der Waals surface area contributed by atoms with Crippen LogP contribution in [0.4, 0.5) is 13.2 Å². The zero-order valence-electron chi connectivity index (χ0n) is 15.4. The molecular weight excluding hydrogens is 474 g/mol. The summed E-state index contributed by atoms with van der Waals surface area (Å²) in [6.45, 7) is 3.22. The minimum absolute atomic E-state index is 0. The molecule has 1 atom stereocenters. The molecule has 0 aromatic heterocycles. The summed E-state index contributed by atoms with van der Waals surface area (Å²) in [6, 6.07) is 4.01. The number of ether oxygens (including phenoxy) is 2. The van der Waals surface area contributed by atoms with Crippen LogP contribution in [-0.2, 0) is 17.5 Å². The van der Waals surface area contributed by atoms with Gasteiger partial charge in [-0.2, -0.15) is 13.2 Å². The first-order valence-corrected chi connectivity index (χ1v) is 8.64. The van der Waals surface area contributed by atoms with Gasteiger partial charge in [0, 0.05) is 38.7 Å². The van der Waals surface area contributed by atoms with Gasteiger partial charge >= 0.3 is 6.18 Å². The molecule has 0 radical (unpaired) electrons. The van der Waals surface area contributed by atoms with Crippen LogP contribution in [0.3, 0.4) is 0 Å². The normalized spacial score (nSPS) is 22.9. The Bertz CT molecular complexity index is 676. The summed E-state index contributed by atoms with van der Waals surface area (Å²) in [5.41, 5.74) is -0.367. The molecule has 27 heavy (non-hydrogen) atoms. The van der Waals surface area contributed by atoms with Crippen LogP contribution in [0, 0.1) is 5.41 Å². The van der Waals surface area contributed by atoms with Gasteiger partial charge in [0.15, 0.2) is 5.96 Å². The molecular formula is C18H25F3IN3O2. The van der Waals surface area contributed by atoms with Crippen LogP contribution in [0.2, 0.25) is 0 Å². The highest BCUT2D eigenvalue weighted by Gasteiger charge is 2.42. The van der Waals surface area contributed by atoms with Gasteiger partial charge in [0.25, 0.3) is 0 Å². The zero-order chi connectivity index (χ0) is 18.8. The van der Waals surface area contributed by atoms with E-state index in [1.165, 1.54) is 19.2 Å². The quantitative estimate of drug-likeness (QED) is 0.393. The first kappa shape index (κ1) is 22.1. The van der Waals surface area contributed by atoms with Gasteiger partial charge in [0.1, 0.15) is 5.75 Å². The van der Waals surface area contributed by atoms with E-state index in [1.54, 1.807) is 7.05 Å². The summed E-state index contributed by atoms with van der Waals surface area (Å²) in [4.78, 5) is 6.35. The third-order valence-corrected chi connectivity index (χ3v) is 5.19. The molecule has 9 heteroatoms. The molecule has 152 valence electrons. The van der Waals surface area contributed by atoms with Gasteiger partial charge in [-0.15, -0.1) is 24.0 Å². The third-order valence-electron chi connectivity index (χ3n) is 5.19. The molecule has 2 aliphatic rings. The van der Waals surface area contributed by atoms with Crippen molar-refractivity contribution >= 4 is 29.9 Å². The maximum atomic E-state index is 13.3. The Labute approximate surface area is 174 Å². The lowest BCUT2D eigenvalue weighted by atomic mass is 9.87. The number of guanidine groups is 1. The van der Waals surface area contributed by atoms with E-state index >= 15 is 0 Å². The van der Waals surface area contributed by atoms with Crippen molar-refractivity contribution in [3.63, 3.8) is 0 Å². The topological polar surface area (TPSA) is 46.1 Å². The van der Waals surface area contributed by atoms with Crippen molar-refractivity contribution < 1.29 is 22.6 Å². The van der Waals surface area contributed by atoms with Gasteiger partial charge in [-0.05, 0) is 30.5 Å². The van der Waals surface area contributed by atoms with Crippen LogP contribution in [-0.4, -0.2) is 51.3 Å². The summed E-state index contributed by atoms with van der Waals surface area (Å²) in [5.74, 6) is 0.811. The summed E-state index contributed by atoms with van der Waals surface area (Å²) >= 11 is 0. The molecule has 1 spiro atoms. The Morgan fingerprint density at radius 2 is 2.15 bits per heavy atom. The van der Waals surface area contributed by atoms with E-state index in [9.17, 15) is 13.2 Å². The van der Waals surface area contributed by atoms with Crippen molar-refractivity contribution in [2.75, 3.05) is 40.5 Å². The molecule has 1 N–H and O–H groups in total. The van der Waals surface area contributed by atoms with E-state index in [0.29, 0.717) is 5.96 Å². The molecule has 1 aromatic carbocycles. The first-order valence-electron chi connectivity index (χ1n) is 8.64. The number of aliphatic imine (C=N–C) groups is 1. The summed E-state index contributed by atoms with van der Waals surface area (Å²) < 4.78 is 50.4. The Balaban J connectivity index is 0.00000261. The van der Waals surface area contributed by atoms with Gasteiger partial charge in [0.05, 0.1) is 19.3 Å². The molecule has 1 unspecified atom stereocenters. The zero-order valence-corrected chi connectivity index (χ0v) is 17.8. The van der Waals surface area contributed by atoms with Gasteiger partial charge in [0.2, 0.25) is 0 Å². The SMILES string of the molecule is CN=C(NCc1ccc(OC)cc1C(F)(F)F)N1CCC2(CCOC2)C1.I. The highest BCUT2D eigenvalue weighted by molar-refractivity contribution is 14.0. The minimum Gasteiger partial charge on any atom is -0.497 e. The number of nitrogens with zero attached hydrogens (tertiary/aromatic N) is 2. The van der Waals surface area contributed by atoms with Crippen LogP contribution in [0.15, 0.2) is 23.2 Å². The number of nitrogens with one attached hydrogen (secondary N) is 1. The fourth-order valence-corrected chi connectivity index (χ4v) is 3.69. The average molecular weight is 499 g/mol. The largest absolute Gasteiger partial charge is 0.497 e. The number of halogens is 4. The summed E-state index contributed by atoms with van der Waals surface area (Å²) in [5, 5.41) is 3.08. The lowest BCUT2D eigenvalue weighted by molar-refractivity contribution is -0.138. The third kappa shape index (κ3) is 4.98. The number of hydrogen-bond donors (Lipinski definition) is 1. The molecule has 5 nitrogen and oxygen atoms in total. The van der Waals surface area contributed by atoms with Crippen molar-refractivity contribution in [1.29, 1.82) is 0 Å². The molecule has 0 bridgehead atoms. The number of likely N-dealkylation sites (tertiary alicyclic amines) is 1. The van der Waals surface area contributed by atoms with Crippen LogP contribution in [0.5, 0.6) is 5.75 Å². The number of alkyl halides is 3. The first-order chi connectivity index (χ1) is 12.4. The Morgan fingerprint density at radius 3 is 2.74 bits per heavy atom. The highest BCUT2D eigenvalue weighted by Crippen LogP contribution is 2.38. The molecule has 0 saturated carbocycles. The van der Waals surface area contributed by atoms with Crippen molar-refractivity contribution in [2.24, 2.45) is 10.4 Å². The molecule has 0 amide bonds. The van der Waals surface area contributed by atoms with Crippen LogP contribution in [0.25, 0.3) is 0 Å². The van der Waals surface area contributed by atoms with Gasteiger partial charge < -0.3 is 19.7 Å². The Kier molecular flexibility index (Phi) is 7.23. The maximum absolute atomic E-state index is 13.3. The average Bonchev–Trinajstić information content (AvgIpc) is 3.25. The Morgan fingerprint density at radius 1 is 1.37 bits per heavy atom. The molecule has 2 aliphatic heterocycles. The maximum Gasteiger partial charge on any atom is 0.416 e. The lowest BCUT2D eigenvalue weighted by Gasteiger charge is -2.25. The van der Waals surface area contributed by atoms with Gasteiger partial charge in [-0.3, -0.25) is 4.99 Å². The van der Waals surface area contributed by atoms with Gasteiger partial charge in [-0.1, -0.05) is 6.07 Å². The Hall–Kier alpha value is -1.23. The molecule has 1 aromatic rings. The number of hydrogen-bond acceptors (Lipinski definition) is 3. The van der Waals surface area contributed by atoms with Gasteiger partial charge in [-0.25, -0.2) is 0 Å². The second kappa shape index (κ2) is 8.85. The number of methoxy groups -OCH3 is 1. The molecule has 2 saturated heterocycles. The van der Waals surface area contributed by atoms with Crippen LogP contribution < -0.4 is 10.1 Å². The lowest BCUT2D eigenvalue weighted by Crippen LogP contribution is -2.41. The number of rotatable bonds is 3. The van der Waals surface area contributed by atoms with E-state index in [4.69, 9.17) is 9.47 Å². The molecule has 0 aliphatic carbocycles. The van der Waals surface area contributed by atoms with Crippen molar-refractivity contribution in [3.05, 3.63) is 29.3 Å². The van der Waals surface area contributed by atoms with E-state index in [0.717, 1.165) is 45.2 Å². The van der Waals surface area contributed by atoms with Crippen LogP contribution in [0.1, 0.15) is 24.0 Å². The predicted molar refractivity (Wildman–Crippen MR) is 108 cm³/mol. The molecule has 3 rings (SSSR count). The van der Waals surface area contributed by atoms with E-state index in [-0.39, 0.29) is 47.2 Å². The second-order valence-corrected chi connectivity index (χ2v) is 6.90. The standard InChI is InChI=1S/C18H24F3N3O2.HI/c1-22-16(24-7-5-17(11-24)6-8-26-12-17)23-10-13-3-4-14(25-2)9-15(13)18(19,20)21;/h3-4,9H,5-8,10-12H2,1-2H3,(H,22,23);1H. The van der Waals surface area contributed by atoms with Crippen molar-refractivity contribution in [1.82, 2.24) is 10.2 Å². The van der Waals surface area contributed by atoms with Crippen molar-refractivity contribution in [3.8, 4) is 5.75 Å². The van der Waals surface area contributed by atoms with E-state index < -0.39 is 11.7 Å². The van der Waals surface area contributed by atoms with E-state index in [1.807, 2.05) is 0 Å². The fraction of sp³-hybridized carbons (Fsp3) is 0.611. The number of benzene rings is 1. The fourth-order valence-electron chi connectivity index (χ4n) is 3.69. The highest BCUT2D eigenvalue weighted by atomic mass is 127. The smallest absolute Gasteiger partial charge is 0.416 e. The molecule has 2 fully saturated rings. The molecule has 2 heterocycles. The monoisotopic (exact) mass is 499 g/mol. The van der Waals surface area contributed by atoms with Crippen molar-refractivity contribution in [2.45, 2.75) is 25.6 Å². The summed E-state index contributed by atoms with van der Waals surface area (Å²) in [7, 11) is 3.00. The summed E-state index contributed by atoms with van der Waals surface area (Å²) in [6.07, 6.45) is -2.39. The van der Waals surface area contributed by atoms with E-state index in [2.05, 4.69) is 15.2 Å². The second-order valence-electron chi connectivity index (χ2n) is 6.90. The van der Waals surface area contributed by atoms with Crippen LogP contribution >= 0.6 is 24.0 Å². The minimum atomic E-state index is -4.44. The predicted octanol–water partition coefficient (Wildman–Crippen LogP) is 3.52.